The van der Waals surface area contributed by atoms with E-state index >= 15 is 0 Å². The van der Waals surface area contributed by atoms with Gasteiger partial charge in [-0.3, -0.25) is 4.98 Å². The van der Waals surface area contributed by atoms with Gasteiger partial charge in [0.05, 0.1) is 18.4 Å². The Hall–Kier alpha value is -1.17. The zero-order valence-electron chi connectivity index (χ0n) is 13.1. The number of nitrogens with one attached hydrogen (secondary N) is 1. The van der Waals surface area contributed by atoms with Crippen molar-refractivity contribution in [1.29, 1.82) is 0 Å². The van der Waals surface area contributed by atoms with Crippen LogP contribution in [0.5, 0.6) is 5.75 Å². The summed E-state index contributed by atoms with van der Waals surface area (Å²) >= 11 is 0. The predicted octanol–water partition coefficient (Wildman–Crippen LogP) is 1.81. The average molecular weight is 294 g/mol. The monoisotopic (exact) mass is 294 g/mol. The fourth-order valence-electron chi connectivity index (χ4n) is 1.92. The number of aryl methyl sites for hydroxylation is 1. The number of rotatable bonds is 9. The first-order valence-corrected chi connectivity index (χ1v) is 7.67. The maximum Gasteiger partial charge on any atom is 0.142 e. The van der Waals surface area contributed by atoms with Crippen LogP contribution < -0.4 is 10.1 Å². The molecule has 0 spiro atoms. The molecular formula is C16H26N2O3. The highest BCUT2D eigenvalue weighted by Crippen LogP contribution is 2.22. The molecule has 1 aromatic rings. The molecule has 0 aliphatic heterocycles. The van der Waals surface area contributed by atoms with E-state index in [-0.39, 0.29) is 19.3 Å². The second-order valence-corrected chi connectivity index (χ2v) is 5.90. The third kappa shape index (κ3) is 5.99. The van der Waals surface area contributed by atoms with Crippen LogP contribution in [-0.4, -0.2) is 41.6 Å². The van der Waals surface area contributed by atoms with Crippen LogP contribution in [0, 0.1) is 6.92 Å². The lowest BCUT2D eigenvalue weighted by Gasteiger charge is -2.16. The molecule has 2 rings (SSSR count). The van der Waals surface area contributed by atoms with E-state index in [2.05, 4.69) is 10.3 Å². The van der Waals surface area contributed by atoms with Gasteiger partial charge in [-0.25, -0.2) is 0 Å². The van der Waals surface area contributed by atoms with Crippen LogP contribution in [0.2, 0.25) is 0 Å². The molecule has 21 heavy (non-hydrogen) atoms. The van der Waals surface area contributed by atoms with Crippen molar-refractivity contribution in [1.82, 2.24) is 10.3 Å². The lowest BCUT2D eigenvalue weighted by atomic mass is 10.2. The Morgan fingerprint density at radius 2 is 2.10 bits per heavy atom. The van der Waals surface area contributed by atoms with E-state index in [0.29, 0.717) is 12.6 Å². The number of hydrogen-bond acceptors (Lipinski definition) is 5. The van der Waals surface area contributed by atoms with Gasteiger partial charge in [-0.2, -0.15) is 0 Å². The molecule has 1 aliphatic rings. The Balaban J connectivity index is 1.85. The minimum atomic E-state index is -0.627. The van der Waals surface area contributed by atoms with Gasteiger partial charge in [-0.05, 0) is 45.7 Å². The highest BCUT2D eigenvalue weighted by Gasteiger charge is 2.21. The van der Waals surface area contributed by atoms with E-state index in [1.807, 2.05) is 32.9 Å². The lowest BCUT2D eigenvalue weighted by Crippen LogP contribution is -2.26. The summed E-state index contributed by atoms with van der Waals surface area (Å²) in [4.78, 5) is 4.52. The second-order valence-electron chi connectivity index (χ2n) is 5.90. The van der Waals surface area contributed by atoms with Gasteiger partial charge in [0.2, 0.25) is 0 Å². The predicted molar refractivity (Wildman–Crippen MR) is 81.4 cm³/mol. The van der Waals surface area contributed by atoms with Gasteiger partial charge in [0.15, 0.2) is 0 Å². The topological polar surface area (TPSA) is 63.6 Å². The number of nitrogens with zero attached hydrogens (tertiary/aromatic N) is 1. The number of hydrogen-bond donors (Lipinski definition) is 2. The molecule has 1 saturated carbocycles. The van der Waals surface area contributed by atoms with Crippen molar-refractivity contribution in [3.63, 3.8) is 0 Å². The Bertz CT molecular complexity index is 447. The van der Waals surface area contributed by atoms with E-state index in [9.17, 15) is 5.11 Å². The van der Waals surface area contributed by atoms with Crippen LogP contribution in [0.25, 0.3) is 0 Å². The Kier molecular flexibility index (Phi) is 5.96. The van der Waals surface area contributed by atoms with Gasteiger partial charge in [0, 0.05) is 18.3 Å². The largest absolute Gasteiger partial charge is 0.489 e. The highest BCUT2D eigenvalue weighted by atomic mass is 16.5. The summed E-state index contributed by atoms with van der Waals surface area (Å²) in [6.07, 6.45) is 1.97. The molecule has 0 aromatic carbocycles. The molecule has 0 radical (unpaired) electrons. The maximum absolute atomic E-state index is 9.85. The summed E-state index contributed by atoms with van der Waals surface area (Å²) in [6, 6.07) is 4.47. The zero-order valence-corrected chi connectivity index (χ0v) is 13.1. The summed E-state index contributed by atoms with van der Waals surface area (Å²) in [7, 11) is 0. The molecule has 1 unspecified atom stereocenters. The maximum atomic E-state index is 9.85. The van der Waals surface area contributed by atoms with Crippen molar-refractivity contribution < 1.29 is 14.6 Å². The number of aliphatic hydroxyl groups is 1. The van der Waals surface area contributed by atoms with Crippen molar-refractivity contribution in [2.45, 2.75) is 58.4 Å². The smallest absolute Gasteiger partial charge is 0.142 e. The van der Waals surface area contributed by atoms with E-state index in [0.717, 1.165) is 17.1 Å². The number of pyridine rings is 1. The van der Waals surface area contributed by atoms with E-state index in [1.54, 1.807) is 0 Å². The fourth-order valence-corrected chi connectivity index (χ4v) is 1.92. The Morgan fingerprint density at radius 1 is 1.33 bits per heavy atom. The SMILES string of the molecule is Cc1ccc(OCC(O)COC(C)C)c(CNC2CC2)n1. The molecule has 118 valence electrons. The van der Waals surface area contributed by atoms with Crippen LogP contribution in [-0.2, 0) is 11.3 Å². The van der Waals surface area contributed by atoms with Crippen molar-refractivity contribution >= 4 is 0 Å². The van der Waals surface area contributed by atoms with Crippen LogP contribution in [0.4, 0.5) is 0 Å². The first-order chi connectivity index (χ1) is 10.0. The third-order valence-electron chi connectivity index (χ3n) is 3.26. The quantitative estimate of drug-likeness (QED) is 0.727. The summed E-state index contributed by atoms with van der Waals surface area (Å²) < 4.78 is 11.1. The summed E-state index contributed by atoms with van der Waals surface area (Å²) in [5, 5.41) is 13.3. The van der Waals surface area contributed by atoms with Crippen molar-refractivity contribution in [2.24, 2.45) is 0 Å². The lowest BCUT2D eigenvalue weighted by molar-refractivity contribution is -0.0124. The number of ether oxygens (including phenoxy) is 2. The molecule has 1 heterocycles. The molecular weight excluding hydrogens is 268 g/mol. The first kappa shape index (κ1) is 16.2. The van der Waals surface area contributed by atoms with E-state index in [4.69, 9.17) is 9.47 Å². The fraction of sp³-hybridized carbons (Fsp3) is 0.688. The summed E-state index contributed by atoms with van der Waals surface area (Å²) in [5.74, 6) is 0.734. The first-order valence-electron chi connectivity index (χ1n) is 7.67. The van der Waals surface area contributed by atoms with Crippen LogP contribution in [0.3, 0.4) is 0 Å². The molecule has 1 aliphatic carbocycles. The Labute approximate surface area is 126 Å². The van der Waals surface area contributed by atoms with Gasteiger partial charge >= 0.3 is 0 Å². The third-order valence-corrected chi connectivity index (χ3v) is 3.26. The number of aliphatic hydroxyl groups excluding tert-OH is 1. The molecule has 1 atom stereocenters. The standard InChI is InChI=1S/C16H26N2O3/c1-11(2)20-9-14(19)10-21-16-7-4-12(3)18-15(16)8-17-13-5-6-13/h4,7,11,13-14,17,19H,5-6,8-10H2,1-3H3. The second kappa shape index (κ2) is 7.73. The minimum absolute atomic E-state index is 0.110. The number of aromatic nitrogens is 1. The normalized spacial score (nSPS) is 16.2. The van der Waals surface area contributed by atoms with Gasteiger partial charge in [0.1, 0.15) is 18.5 Å². The molecule has 1 fully saturated rings. The van der Waals surface area contributed by atoms with Gasteiger partial charge in [0.25, 0.3) is 0 Å². The van der Waals surface area contributed by atoms with Crippen LogP contribution >= 0.6 is 0 Å². The molecule has 5 nitrogen and oxygen atoms in total. The molecule has 2 N–H and O–H groups in total. The van der Waals surface area contributed by atoms with Crippen molar-refractivity contribution in [3.8, 4) is 5.75 Å². The van der Waals surface area contributed by atoms with Gasteiger partial charge in [-0.15, -0.1) is 0 Å². The summed E-state index contributed by atoms with van der Waals surface area (Å²) in [5.41, 5.74) is 1.87. The average Bonchev–Trinajstić information content (AvgIpc) is 3.26. The summed E-state index contributed by atoms with van der Waals surface area (Å²) in [6.45, 7) is 7.06. The van der Waals surface area contributed by atoms with Gasteiger partial charge < -0.3 is 19.9 Å². The Morgan fingerprint density at radius 3 is 2.76 bits per heavy atom. The molecule has 5 heteroatoms. The van der Waals surface area contributed by atoms with E-state index < -0.39 is 6.10 Å². The highest BCUT2D eigenvalue weighted by molar-refractivity contribution is 5.29. The molecule has 0 amide bonds. The van der Waals surface area contributed by atoms with Crippen LogP contribution in [0.1, 0.15) is 38.1 Å². The molecule has 0 bridgehead atoms. The van der Waals surface area contributed by atoms with E-state index in [1.165, 1.54) is 12.8 Å². The van der Waals surface area contributed by atoms with Crippen LogP contribution in [0.15, 0.2) is 12.1 Å². The molecule has 0 saturated heterocycles. The van der Waals surface area contributed by atoms with Crippen molar-refractivity contribution in [3.05, 3.63) is 23.5 Å². The van der Waals surface area contributed by atoms with Gasteiger partial charge in [-0.1, -0.05) is 0 Å². The zero-order chi connectivity index (χ0) is 15.2. The minimum Gasteiger partial charge on any atom is -0.489 e. The molecule has 1 aromatic heterocycles. The van der Waals surface area contributed by atoms with Crippen molar-refractivity contribution in [2.75, 3.05) is 13.2 Å².